The SMILES string of the molecule is CCS(=O)(=O)c1ccc(C(=O)NC(CN)C2CC2)cc1.Cl. The van der Waals surface area contributed by atoms with Crippen molar-refractivity contribution in [3.05, 3.63) is 29.8 Å². The van der Waals surface area contributed by atoms with E-state index in [9.17, 15) is 13.2 Å². The number of rotatable bonds is 6. The number of hydrogen-bond donors (Lipinski definition) is 2. The number of nitrogens with one attached hydrogen (secondary N) is 1. The predicted octanol–water partition coefficient (Wildman–Crippen LogP) is 1.37. The second-order valence-corrected chi connectivity index (χ2v) is 7.36. The van der Waals surface area contributed by atoms with Gasteiger partial charge in [0.05, 0.1) is 10.6 Å². The Hall–Kier alpha value is -1.11. The van der Waals surface area contributed by atoms with Crippen LogP contribution in [0.3, 0.4) is 0 Å². The second-order valence-electron chi connectivity index (χ2n) is 5.08. The molecule has 1 aliphatic rings. The third-order valence-corrected chi connectivity index (χ3v) is 5.37. The van der Waals surface area contributed by atoms with E-state index in [0.717, 1.165) is 12.8 Å². The number of benzene rings is 1. The number of nitrogens with two attached hydrogens (primary N) is 1. The van der Waals surface area contributed by atoms with Gasteiger partial charge >= 0.3 is 0 Å². The van der Waals surface area contributed by atoms with Crippen molar-refractivity contribution in [2.75, 3.05) is 12.3 Å². The fraction of sp³-hybridized carbons (Fsp3) is 0.500. The van der Waals surface area contributed by atoms with Gasteiger partial charge < -0.3 is 11.1 Å². The summed E-state index contributed by atoms with van der Waals surface area (Å²) in [5, 5.41) is 2.90. The Morgan fingerprint density at radius 3 is 2.33 bits per heavy atom. The first kappa shape index (κ1) is 17.9. The van der Waals surface area contributed by atoms with E-state index >= 15 is 0 Å². The molecule has 0 aliphatic heterocycles. The summed E-state index contributed by atoms with van der Waals surface area (Å²) < 4.78 is 23.4. The standard InChI is InChI=1S/C14H20N2O3S.ClH/c1-2-20(18,19)12-7-5-11(6-8-12)14(17)16-13(9-15)10-3-4-10;/h5-8,10,13H,2-4,9,15H2,1H3,(H,16,17);1H. The summed E-state index contributed by atoms with van der Waals surface area (Å²) in [6, 6.07) is 6.04. The number of amides is 1. The third kappa shape index (κ3) is 4.43. The summed E-state index contributed by atoms with van der Waals surface area (Å²) in [6.07, 6.45) is 2.21. The van der Waals surface area contributed by atoms with Crippen molar-refractivity contribution < 1.29 is 13.2 Å². The molecular formula is C14H21ClN2O3S. The molecule has 1 fully saturated rings. The lowest BCUT2D eigenvalue weighted by atomic mass is 10.1. The van der Waals surface area contributed by atoms with Crippen LogP contribution in [0.1, 0.15) is 30.1 Å². The van der Waals surface area contributed by atoms with Gasteiger partial charge in [-0.15, -0.1) is 12.4 Å². The summed E-state index contributed by atoms with van der Waals surface area (Å²) in [5.74, 6) is 0.339. The van der Waals surface area contributed by atoms with E-state index in [0.29, 0.717) is 18.0 Å². The zero-order valence-corrected chi connectivity index (χ0v) is 13.5. The minimum absolute atomic E-state index is 0. The Morgan fingerprint density at radius 2 is 1.90 bits per heavy atom. The lowest BCUT2D eigenvalue weighted by Gasteiger charge is -2.16. The Balaban J connectivity index is 0.00000220. The van der Waals surface area contributed by atoms with Gasteiger partial charge in [-0.05, 0) is 43.0 Å². The van der Waals surface area contributed by atoms with Crippen molar-refractivity contribution >= 4 is 28.2 Å². The predicted molar refractivity (Wildman–Crippen MR) is 84.4 cm³/mol. The van der Waals surface area contributed by atoms with Crippen molar-refractivity contribution in [3.63, 3.8) is 0 Å². The van der Waals surface area contributed by atoms with Crippen LogP contribution in [0.4, 0.5) is 0 Å². The van der Waals surface area contributed by atoms with Crippen LogP contribution in [-0.2, 0) is 9.84 Å². The second kappa shape index (κ2) is 7.24. The minimum atomic E-state index is -3.22. The minimum Gasteiger partial charge on any atom is -0.348 e. The Morgan fingerprint density at radius 1 is 1.33 bits per heavy atom. The van der Waals surface area contributed by atoms with Crippen LogP contribution in [0, 0.1) is 5.92 Å². The normalized spacial score (nSPS) is 15.9. The van der Waals surface area contributed by atoms with Crippen molar-refractivity contribution in [2.45, 2.75) is 30.7 Å². The molecule has 1 atom stereocenters. The monoisotopic (exact) mass is 332 g/mol. The zero-order chi connectivity index (χ0) is 14.8. The number of sulfone groups is 1. The molecule has 1 unspecified atom stereocenters. The number of carbonyl (C=O) groups excluding carboxylic acids is 1. The molecule has 1 aromatic carbocycles. The van der Waals surface area contributed by atoms with Gasteiger partial charge in [0.2, 0.25) is 0 Å². The molecule has 118 valence electrons. The lowest BCUT2D eigenvalue weighted by molar-refractivity contribution is 0.0933. The largest absolute Gasteiger partial charge is 0.348 e. The van der Waals surface area contributed by atoms with Crippen LogP contribution in [0.5, 0.6) is 0 Å². The Bertz CT molecular complexity index is 583. The third-order valence-electron chi connectivity index (χ3n) is 3.62. The molecule has 0 radical (unpaired) electrons. The number of halogens is 1. The maximum atomic E-state index is 12.1. The molecule has 1 aliphatic carbocycles. The van der Waals surface area contributed by atoms with Gasteiger partial charge in [-0.25, -0.2) is 8.42 Å². The molecule has 1 saturated carbocycles. The average Bonchev–Trinajstić information content (AvgIpc) is 3.29. The molecule has 0 aromatic heterocycles. The average molecular weight is 333 g/mol. The molecule has 0 bridgehead atoms. The van der Waals surface area contributed by atoms with E-state index in [1.807, 2.05) is 0 Å². The van der Waals surface area contributed by atoms with Gasteiger partial charge in [-0.1, -0.05) is 6.92 Å². The molecular weight excluding hydrogens is 312 g/mol. The molecule has 5 nitrogen and oxygen atoms in total. The molecule has 0 saturated heterocycles. The molecule has 21 heavy (non-hydrogen) atoms. The maximum Gasteiger partial charge on any atom is 0.251 e. The van der Waals surface area contributed by atoms with Crippen LogP contribution < -0.4 is 11.1 Å². The molecule has 0 heterocycles. The van der Waals surface area contributed by atoms with Gasteiger partial charge in [-0.2, -0.15) is 0 Å². The highest BCUT2D eigenvalue weighted by Crippen LogP contribution is 2.32. The van der Waals surface area contributed by atoms with Crippen LogP contribution in [-0.4, -0.2) is 32.7 Å². The maximum absolute atomic E-state index is 12.1. The molecule has 0 spiro atoms. The van der Waals surface area contributed by atoms with E-state index in [-0.39, 0.29) is 35.0 Å². The molecule has 3 N–H and O–H groups in total. The topological polar surface area (TPSA) is 89.3 Å². The van der Waals surface area contributed by atoms with Gasteiger partial charge in [0.25, 0.3) is 5.91 Å². The summed E-state index contributed by atoms with van der Waals surface area (Å²) in [4.78, 5) is 12.3. The van der Waals surface area contributed by atoms with E-state index in [1.54, 1.807) is 19.1 Å². The fourth-order valence-corrected chi connectivity index (χ4v) is 2.98. The first-order chi connectivity index (χ1) is 9.47. The number of carbonyl (C=O) groups is 1. The van der Waals surface area contributed by atoms with Gasteiger partial charge in [0, 0.05) is 18.2 Å². The summed E-state index contributed by atoms with van der Waals surface area (Å²) in [6.45, 7) is 2.02. The highest BCUT2D eigenvalue weighted by molar-refractivity contribution is 7.91. The van der Waals surface area contributed by atoms with E-state index in [2.05, 4.69) is 5.32 Å². The lowest BCUT2D eigenvalue weighted by Crippen LogP contribution is -2.41. The van der Waals surface area contributed by atoms with E-state index < -0.39 is 9.84 Å². The molecule has 1 amide bonds. The van der Waals surface area contributed by atoms with Crippen molar-refractivity contribution in [2.24, 2.45) is 11.7 Å². The first-order valence-electron chi connectivity index (χ1n) is 6.81. The number of hydrogen-bond acceptors (Lipinski definition) is 4. The van der Waals surface area contributed by atoms with Gasteiger partial charge in [-0.3, -0.25) is 4.79 Å². The summed E-state index contributed by atoms with van der Waals surface area (Å²) in [7, 11) is -3.22. The van der Waals surface area contributed by atoms with Crippen molar-refractivity contribution in [1.29, 1.82) is 0 Å². The van der Waals surface area contributed by atoms with Crippen LogP contribution >= 0.6 is 12.4 Å². The summed E-state index contributed by atoms with van der Waals surface area (Å²) >= 11 is 0. The van der Waals surface area contributed by atoms with E-state index in [1.165, 1.54) is 12.1 Å². The molecule has 1 aromatic rings. The molecule has 2 rings (SSSR count). The van der Waals surface area contributed by atoms with E-state index in [4.69, 9.17) is 5.73 Å². The smallest absolute Gasteiger partial charge is 0.251 e. The summed E-state index contributed by atoms with van der Waals surface area (Å²) in [5.41, 5.74) is 6.10. The Kier molecular flexibility index (Phi) is 6.19. The first-order valence-corrected chi connectivity index (χ1v) is 8.47. The fourth-order valence-electron chi connectivity index (χ4n) is 2.10. The quantitative estimate of drug-likeness (QED) is 0.823. The van der Waals surface area contributed by atoms with Crippen molar-refractivity contribution in [3.8, 4) is 0 Å². The highest BCUT2D eigenvalue weighted by Gasteiger charge is 2.31. The van der Waals surface area contributed by atoms with Gasteiger partial charge in [0.1, 0.15) is 0 Å². The van der Waals surface area contributed by atoms with Gasteiger partial charge in [0.15, 0.2) is 9.84 Å². The van der Waals surface area contributed by atoms with Crippen LogP contribution in [0.25, 0.3) is 0 Å². The molecule has 7 heteroatoms. The van der Waals surface area contributed by atoms with Crippen molar-refractivity contribution in [1.82, 2.24) is 5.32 Å². The zero-order valence-electron chi connectivity index (χ0n) is 11.9. The van der Waals surface area contributed by atoms with Crippen LogP contribution in [0.15, 0.2) is 29.2 Å². The highest BCUT2D eigenvalue weighted by atomic mass is 35.5. The van der Waals surface area contributed by atoms with Crippen LogP contribution in [0.2, 0.25) is 0 Å². The Labute approximate surface area is 131 Å².